The summed E-state index contributed by atoms with van der Waals surface area (Å²) in [6.07, 6.45) is -1.64. The third-order valence-corrected chi connectivity index (χ3v) is 3.94. The molecule has 108 valence electrons. The van der Waals surface area contributed by atoms with E-state index in [1.54, 1.807) is 0 Å². The molecule has 2 aliphatic rings. The molecule has 0 aromatic rings. The molecule has 0 radical (unpaired) electrons. The summed E-state index contributed by atoms with van der Waals surface area (Å²) in [7, 11) is 0. The zero-order chi connectivity index (χ0) is 14.3. The quantitative estimate of drug-likeness (QED) is 0.792. The summed E-state index contributed by atoms with van der Waals surface area (Å²) in [6, 6.07) is -0.887. The lowest BCUT2D eigenvalue weighted by Gasteiger charge is -2.49. The smallest absolute Gasteiger partial charge is 0.343 e. The van der Waals surface area contributed by atoms with Crippen LogP contribution in [0.15, 0.2) is 0 Å². The monoisotopic (exact) mass is 278 g/mol. The van der Waals surface area contributed by atoms with Gasteiger partial charge in [0.2, 0.25) is 11.8 Å². The molecule has 1 atom stereocenters. The molecule has 19 heavy (non-hydrogen) atoms. The Morgan fingerprint density at radius 1 is 1.26 bits per heavy atom. The Morgan fingerprint density at radius 2 is 1.84 bits per heavy atom. The highest BCUT2D eigenvalue weighted by Gasteiger charge is 2.54. The second kappa shape index (κ2) is 4.68. The fraction of sp³-hybridized carbons (Fsp3) is 0.833. The summed E-state index contributed by atoms with van der Waals surface area (Å²) in [4.78, 5) is 24.9. The van der Waals surface area contributed by atoms with Gasteiger partial charge in [0.1, 0.15) is 18.1 Å². The van der Waals surface area contributed by atoms with E-state index < -0.39 is 36.1 Å². The first-order chi connectivity index (χ1) is 8.76. The van der Waals surface area contributed by atoms with Crippen molar-refractivity contribution in [1.29, 1.82) is 0 Å². The highest BCUT2D eigenvalue weighted by Crippen LogP contribution is 2.38. The maximum atomic E-state index is 12.7. The molecular weight excluding hydrogens is 261 g/mol. The number of nitrogens with zero attached hydrogens (tertiary/aromatic N) is 1. The predicted octanol–water partition coefficient (Wildman–Crippen LogP) is 1.60. The minimum atomic E-state index is -4.49. The number of carbonyl (C=O) groups excluding carboxylic acids is 2. The van der Waals surface area contributed by atoms with Gasteiger partial charge in [0.25, 0.3) is 0 Å². The van der Waals surface area contributed by atoms with Crippen LogP contribution >= 0.6 is 0 Å². The zero-order valence-electron chi connectivity index (χ0n) is 10.7. The lowest BCUT2D eigenvalue weighted by molar-refractivity contribution is -0.185. The summed E-state index contributed by atoms with van der Waals surface area (Å²) in [5.74, 6) is -1.08. The molecular formula is C12H17F3N2O2. The Bertz CT molecular complexity index is 389. The van der Waals surface area contributed by atoms with Crippen LogP contribution in [-0.4, -0.2) is 41.0 Å². The molecule has 2 amide bonds. The Kier molecular flexibility index (Phi) is 3.49. The van der Waals surface area contributed by atoms with Crippen LogP contribution in [0.1, 0.15) is 39.0 Å². The third-order valence-electron chi connectivity index (χ3n) is 3.94. The van der Waals surface area contributed by atoms with Crippen LogP contribution in [0.2, 0.25) is 0 Å². The Labute approximate surface area is 109 Å². The van der Waals surface area contributed by atoms with E-state index >= 15 is 0 Å². The molecule has 1 N–H and O–H groups in total. The van der Waals surface area contributed by atoms with Gasteiger partial charge in [-0.3, -0.25) is 9.59 Å². The van der Waals surface area contributed by atoms with Crippen molar-refractivity contribution < 1.29 is 22.8 Å². The maximum Gasteiger partial charge on any atom is 0.406 e. The number of alkyl halides is 3. The lowest BCUT2D eigenvalue weighted by Crippen LogP contribution is -2.71. The molecule has 0 aromatic heterocycles. The van der Waals surface area contributed by atoms with Gasteiger partial charge in [-0.1, -0.05) is 19.3 Å². The van der Waals surface area contributed by atoms with Crippen molar-refractivity contribution in [1.82, 2.24) is 10.2 Å². The largest absolute Gasteiger partial charge is 0.406 e. The number of hydrogen-bond donors (Lipinski definition) is 1. The van der Waals surface area contributed by atoms with E-state index in [2.05, 4.69) is 5.32 Å². The number of halogens is 3. The van der Waals surface area contributed by atoms with E-state index in [0.717, 1.165) is 11.3 Å². The van der Waals surface area contributed by atoms with Gasteiger partial charge in [0.15, 0.2) is 0 Å². The molecule has 0 bridgehead atoms. The van der Waals surface area contributed by atoms with Gasteiger partial charge in [-0.15, -0.1) is 0 Å². The molecule has 1 unspecified atom stereocenters. The van der Waals surface area contributed by atoms with Crippen LogP contribution in [0.4, 0.5) is 13.2 Å². The van der Waals surface area contributed by atoms with E-state index in [1.807, 2.05) is 0 Å². The van der Waals surface area contributed by atoms with E-state index in [-0.39, 0.29) is 0 Å². The molecule has 1 heterocycles. The van der Waals surface area contributed by atoms with Gasteiger partial charge >= 0.3 is 6.18 Å². The highest BCUT2D eigenvalue weighted by atomic mass is 19.4. The minimum absolute atomic E-state index is 0.313. The van der Waals surface area contributed by atoms with E-state index in [4.69, 9.17) is 0 Å². The number of hydrogen-bond acceptors (Lipinski definition) is 2. The van der Waals surface area contributed by atoms with Crippen molar-refractivity contribution in [2.45, 2.75) is 56.8 Å². The standard InChI is InChI=1S/C12H17F3N2O2/c1-8-9(18)17(7-12(13,14)15)11(10(19)16-8)5-3-2-4-6-11/h8H,2-7H2,1H3,(H,16,19). The number of carbonyl (C=O) groups is 2. The topological polar surface area (TPSA) is 49.4 Å². The number of piperazine rings is 1. The first kappa shape index (κ1) is 14.1. The Morgan fingerprint density at radius 3 is 2.37 bits per heavy atom. The van der Waals surface area contributed by atoms with Crippen molar-refractivity contribution in [2.75, 3.05) is 6.54 Å². The SMILES string of the molecule is CC1NC(=O)C2(CCCCC2)N(CC(F)(F)F)C1=O. The molecule has 1 spiro atoms. The Hall–Kier alpha value is -1.27. The molecule has 4 nitrogen and oxygen atoms in total. The van der Waals surface area contributed by atoms with Crippen LogP contribution < -0.4 is 5.32 Å². The summed E-state index contributed by atoms with van der Waals surface area (Å²) in [5, 5.41) is 2.51. The fourth-order valence-corrected chi connectivity index (χ4v) is 3.00. The molecule has 0 aromatic carbocycles. The molecule has 7 heteroatoms. The highest BCUT2D eigenvalue weighted by molar-refractivity contribution is 5.99. The van der Waals surface area contributed by atoms with Gasteiger partial charge < -0.3 is 10.2 Å². The fourth-order valence-electron chi connectivity index (χ4n) is 3.00. The number of rotatable bonds is 1. The normalized spacial score (nSPS) is 27.6. The summed E-state index contributed by atoms with van der Waals surface area (Å²) >= 11 is 0. The molecule has 1 saturated heterocycles. The van der Waals surface area contributed by atoms with E-state index in [9.17, 15) is 22.8 Å². The van der Waals surface area contributed by atoms with Gasteiger partial charge in [-0.25, -0.2) is 0 Å². The molecule has 1 aliphatic carbocycles. The van der Waals surface area contributed by atoms with Crippen molar-refractivity contribution >= 4 is 11.8 Å². The summed E-state index contributed by atoms with van der Waals surface area (Å²) < 4.78 is 38.0. The first-order valence-corrected chi connectivity index (χ1v) is 6.45. The van der Waals surface area contributed by atoms with Crippen LogP contribution in [0.3, 0.4) is 0 Å². The summed E-state index contributed by atoms with van der Waals surface area (Å²) in [5.41, 5.74) is -1.29. The van der Waals surface area contributed by atoms with Gasteiger partial charge in [-0.05, 0) is 19.8 Å². The van der Waals surface area contributed by atoms with Crippen molar-refractivity contribution in [2.24, 2.45) is 0 Å². The molecule has 2 rings (SSSR count). The summed E-state index contributed by atoms with van der Waals surface area (Å²) in [6.45, 7) is 0.0723. The van der Waals surface area contributed by atoms with Crippen molar-refractivity contribution in [3.8, 4) is 0 Å². The van der Waals surface area contributed by atoms with Gasteiger partial charge in [-0.2, -0.15) is 13.2 Å². The molecule has 2 fully saturated rings. The number of amides is 2. The van der Waals surface area contributed by atoms with Crippen molar-refractivity contribution in [3.63, 3.8) is 0 Å². The van der Waals surface area contributed by atoms with E-state index in [1.165, 1.54) is 6.92 Å². The molecule has 1 aliphatic heterocycles. The van der Waals surface area contributed by atoms with Gasteiger partial charge in [0, 0.05) is 0 Å². The third kappa shape index (κ3) is 2.55. The van der Waals surface area contributed by atoms with Crippen molar-refractivity contribution in [3.05, 3.63) is 0 Å². The predicted molar refractivity (Wildman–Crippen MR) is 61.2 cm³/mol. The van der Waals surface area contributed by atoms with Gasteiger partial charge in [0.05, 0.1) is 0 Å². The van der Waals surface area contributed by atoms with Crippen LogP contribution in [0, 0.1) is 0 Å². The zero-order valence-corrected chi connectivity index (χ0v) is 10.7. The first-order valence-electron chi connectivity index (χ1n) is 6.45. The van der Waals surface area contributed by atoms with Crippen LogP contribution in [0.25, 0.3) is 0 Å². The average molecular weight is 278 g/mol. The van der Waals surface area contributed by atoms with E-state index in [0.29, 0.717) is 25.7 Å². The average Bonchev–Trinajstić information content (AvgIpc) is 2.33. The lowest BCUT2D eigenvalue weighted by atomic mass is 9.77. The van der Waals surface area contributed by atoms with Crippen LogP contribution in [-0.2, 0) is 9.59 Å². The second-order valence-electron chi connectivity index (χ2n) is 5.33. The second-order valence-corrected chi connectivity index (χ2v) is 5.33. The number of nitrogens with one attached hydrogen (secondary N) is 1. The molecule has 1 saturated carbocycles. The Balaban J connectivity index is 2.34. The maximum absolute atomic E-state index is 12.7. The minimum Gasteiger partial charge on any atom is -0.343 e. The van der Waals surface area contributed by atoms with Crippen LogP contribution in [0.5, 0.6) is 0 Å².